The van der Waals surface area contributed by atoms with Crippen LogP contribution in [0.3, 0.4) is 0 Å². The van der Waals surface area contributed by atoms with Gasteiger partial charge in [0.15, 0.2) is 0 Å². The Kier molecular flexibility index (Phi) is 5.13. The maximum absolute atomic E-state index is 10.8. The average molecular weight is 212 g/mol. The predicted octanol–water partition coefficient (Wildman–Crippen LogP) is 3.70. The van der Waals surface area contributed by atoms with Crippen molar-refractivity contribution in [1.82, 2.24) is 0 Å². The van der Waals surface area contributed by atoms with Gasteiger partial charge in [-0.2, -0.15) is 0 Å². The summed E-state index contributed by atoms with van der Waals surface area (Å²) in [5.41, 5.74) is 0. The van der Waals surface area contributed by atoms with E-state index in [1.807, 2.05) is 6.92 Å². The van der Waals surface area contributed by atoms with Crippen molar-refractivity contribution in [3.8, 4) is 0 Å². The van der Waals surface area contributed by atoms with E-state index in [2.05, 4.69) is 6.92 Å². The lowest BCUT2D eigenvalue weighted by Crippen LogP contribution is -2.22. The first-order valence-electron chi connectivity index (χ1n) is 6.38. The molecule has 0 radical (unpaired) electrons. The third-order valence-electron chi connectivity index (χ3n) is 3.92. The van der Waals surface area contributed by atoms with Crippen molar-refractivity contribution >= 4 is 5.97 Å². The standard InChI is InChI=1S/C13H24O2/c1-3-11(9-10(2)13(14)15)12-7-5-4-6-8-12/h10-12H,3-9H2,1-2H3,(H,14,15). The molecule has 1 rings (SSSR count). The minimum absolute atomic E-state index is 0.170. The lowest BCUT2D eigenvalue weighted by Gasteiger charge is -2.30. The molecule has 0 aliphatic heterocycles. The smallest absolute Gasteiger partial charge is 0.306 e. The van der Waals surface area contributed by atoms with Gasteiger partial charge in [-0.1, -0.05) is 52.4 Å². The van der Waals surface area contributed by atoms with Crippen molar-refractivity contribution in [2.75, 3.05) is 0 Å². The molecule has 0 aromatic rings. The van der Waals surface area contributed by atoms with E-state index in [0.717, 1.165) is 18.8 Å². The van der Waals surface area contributed by atoms with Gasteiger partial charge >= 0.3 is 5.97 Å². The number of carboxylic acids is 1. The summed E-state index contributed by atoms with van der Waals surface area (Å²) in [6.45, 7) is 4.04. The van der Waals surface area contributed by atoms with Crippen molar-refractivity contribution < 1.29 is 9.90 Å². The van der Waals surface area contributed by atoms with Crippen molar-refractivity contribution in [2.45, 2.75) is 58.8 Å². The average Bonchev–Trinajstić information content (AvgIpc) is 2.26. The van der Waals surface area contributed by atoms with Crippen LogP contribution < -0.4 is 0 Å². The number of carboxylic acid groups (broad SMARTS) is 1. The van der Waals surface area contributed by atoms with Crippen LogP contribution in [0.4, 0.5) is 0 Å². The van der Waals surface area contributed by atoms with E-state index in [0.29, 0.717) is 5.92 Å². The van der Waals surface area contributed by atoms with Crippen molar-refractivity contribution in [3.63, 3.8) is 0 Å². The molecule has 0 aromatic carbocycles. The van der Waals surface area contributed by atoms with E-state index in [-0.39, 0.29) is 5.92 Å². The first-order valence-corrected chi connectivity index (χ1v) is 6.38. The Morgan fingerprint density at radius 2 is 1.93 bits per heavy atom. The van der Waals surface area contributed by atoms with Gasteiger partial charge in [0.1, 0.15) is 0 Å². The van der Waals surface area contributed by atoms with Crippen molar-refractivity contribution in [1.29, 1.82) is 0 Å². The van der Waals surface area contributed by atoms with Gasteiger partial charge in [0.2, 0.25) is 0 Å². The Morgan fingerprint density at radius 3 is 2.40 bits per heavy atom. The minimum Gasteiger partial charge on any atom is -0.481 e. The summed E-state index contributed by atoms with van der Waals surface area (Å²) in [6, 6.07) is 0. The summed E-state index contributed by atoms with van der Waals surface area (Å²) in [7, 11) is 0. The van der Waals surface area contributed by atoms with Crippen LogP contribution in [0.15, 0.2) is 0 Å². The molecule has 1 aliphatic carbocycles. The van der Waals surface area contributed by atoms with E-state index in [1.54, 1.807) is 0 Å². The van der Waals surface area contributed by atoms with Gasteiger partial charge in [0.05, 0.1) is 5.92 Å². The zero-order valence-electron chi connectivity index (χ0n) is 10.0. The van der Waals surface area contributed by atoms with Crippen molar-refractivity contribution in [2.24, 2.45) is 17.8 Å². The van der Waals surface area contributed by atoms with Gasteiger partial charge in [-0.05, 0) is 18.3 Å². The summed E-state index contributed by atoms with van der Waals surface area (Å²) >= 11 is 0. The molecule has 2 unspecified atom stereocenters. The fourth-order valence-electron chi connectivity index (χ4n) is 2.85. The first kappa shape index (κ1) is 12.5. The summed E-state index contributed by atoms with van der Waals surface area (Å²) in [5.74, 6) is 0.628. The Labute approximate surface area is 93.1 Å². The molecule has 0 bridgehead atoms. The molecular formula is C13H24O2. The highest BCUT2D eigenvalue weighted by atomic mass is 16.4. The molecule has 1 fully saturated rings. The van der Waals surface area contributed by atoms with Crippen LogP contribution in [-0.2, 0) is 4.79 Å². The molecule has 15 heavy (non-hydrogen) atoms. The van der Waals surface area contributed by atoms with Gasteiger partial charge in [-0.15, -0.1) is 0 Å². The van der Waals surface area contributed by atoms with E-state index >= 15 is 0 Å². The van der Waals surface area contributed by atoms with Gasteiger partial charge in [-0.25, -0.2) is 0 Å². The second-order valence-corrected chi connectivity index (χ2v) is 5.04. The fraction of sp³-hybridized carbons (Fsp3) is 0.923. The first-order chi connectivity index (χ1) is 7.15. The van der Waals surface area contributed by atoms with Crippen LogP contribution in [0.25, 0.3) is 0 Å². The highest BCUT2D eigenvalue weighted by Gasteiger charge is 2.25. The third kappa shape index (κ3) is 3.84. The number of rotatable bonds is 5. The van der Waals surface area contributed by atoms with Crippen LogP contribution in [0.5, 0.6) is 0 Å². The number of hydrogen-bond donors (Lipinski definition) is 1. The Hall–Kier alpha value is -0.530. The molecule has 0 aromatic heterocycles. The fourth-order valence-corrected chi connectivity index (χ4v) is 2.85. The largest absolute Gasteiger partial charge is 0.481 e. The minimum atomic E-state index is -0.635. The van der Waals surface area contributed by atoms with Crippen LogP contribution in [0.1, 0.15) is 58.8 Å². The summed E-state index contributed by atoms with van der Waals surface area (Å²) in [6.07, 6.45) is 8.74. The van der Waals surface area contributed by atoms with E-state index < -0.39 is 5.97 Å². The maximum Gasteiger partial charge on any atom is 0.306 e. The van der Waals surface area contributed by atoms with Gasteiger partial charge in [0, 0.05) is 0 Å². The summed E-state index contributed by atoms with van der Waals surface area (Å²) in [5, 5.41) is 8.92. The van der Waals surface area contributed by atoms with Crippen molar-refractivity contribution in [3.05, 3.63) is 0 Å². The molecule has 2 nitrogen and oxygen atoms in total. The molecule has 0 spiro atoms. The zero-order valence-corrected chi connectivity index (χ0v) is 10.0. The second-order valence-electron chi connectivity index (χ2n) is 5.04. The molecule has 2 heteroatoms. The molecule has 1 saturated carbocycles. The molecular weight excluding hydrogens is 188 g/mol. The summed E-state index contributed by atoms with van der Waals surface area (Å²) < 4.78 is 0. The second kappa shape index (κ2) is 6.14. The normalized spacial score (nSPS) is 22.3. The van der Waals surface area contributed by atoms with Crippen LogP contribution in [-0.4, -0.2) is 11.1 Å². The van der Waals surface area contributed by atoms with E-state index in [4.69, 9.17) is 5.11 Å². The van der Waals surface area contributed by atoms with Gasteiger partial charge < -0.3 is 5.11 Å². The maximum atomic E-state index is 10.8. The van der Waals surface area contributed by atoms with Crippen LogP contribution in [0, 0.1) is 17.8 Å². The predicted molar refractivity (Wildman–Crippen MR) is 61.8 cm³/mol. The van der Waals surface area contributed by atoms with E-state index in [1.165, 1.54) is 32.1 Å². The van der Waals surface area contributed by atoms with Crippen LogP contribution in [0.2, 0.25) is 0 Å². The topological polar surface area (TPSA) is 37.3 Å². The monoisotopic (exact) mass is 212 g/mol. The molecule has 1 aliphatic rings. The Balaban J connectivity index is 2.43. The van der Waals surface area contributed by atoms with Gasteiger partial charge in [0.25, 0.3) is 0 Å². The Morgan fingerprint density at radius 1 is 1.33 bits per heavy atom. The number of hydrogen-bond acceptors (Lipinski definition) is 1. The molecule has 88 valence electrons. The molecule has 2 atom stereocenters. The quantitative estimate of drug-likeness (QED) is 0.754. The van der Waals surface area contributed by atoms with Gasteiger partial charge in [-0.3, -0.25) is 4.79 Å². The summed E-state index contributed by atoms with van der Waals surface area (Å²) in [4.78, 5) is 10.8. The molecule has 1 N–H and O–H groups in total. The third-order valence-corrected chi connectivity index (χ3v) is 3.92. The lowest BCUT2D eigenvalue weighted by atomic mass is 9.75. The highest BCUT2D eigenvalue weighted by Crippen LogP contribution is 2.35. The SMILES string of the molecule is CCC(CC(C)C(=O)O)C1CCCCC1. The molecule has 0 saturated heterocycles. The number of carbonyl (C=O) groups is 1. The van der Waals surface area contributed by atoms with Crippen LogP contribution >= 0.6 is 0 Å². The number of aliphatic carboxylic acids is 1. The lowest BCUT2D eigenvalue weighted by molar-refractivity contribution is -0.141. The Bertz CT molecular complexity index is 195. The molecule has 0 amide bonds. The highest BCUT2D eigenvalue weighted by molar-refractivity contribution is 5.69. The van der Waals surface area contributed by atoms with E-state index in [9.17, 15) is 4.79 Å². The zero-order chi connectivity index (χ0) is 11.3. The molecule has 0 heterocycles.